The number of aromatic nitrogens is 2. The Balaban J connectivity index is 1.62. The lowest BCUT2D eigenvalue weighted by molar-refractivity contribution is -0.907. The van der Waals surface area contributed by atoms with Gasteiger partial charge in [-0.2, -0.15) is 0 Å². The van der Waals surface area contributed by atoms with Crippen molar-refractivity contribution in [1.82, 2.24) is 9.55 Å². The summed E-state index contributed by atoms with van der Waals surface area (Å²) in [6.07, 6.45) is 2.10. The maximum atomic E-state index is 15.4. The molecule has 3 N–H and O–H groups in total. The van der Waals surface area contributed by atoms with Gasteiger partial charge in [0.25, 0.3) is 5.56 Å². The van der Waals surface area contributed by atoms with Crippen LogP contribution in [0.2, 0.25) is 0 Å². The zero-order valence-corrected chi connectivity index (χ0v) is 21.5. The van der Waals surface area contributed by atoms with Crippen molar-refractivity contribution in [1.29, 1.82) is 0 Å². The van der Waals surface area contributed by atoms with E-state index in [9.17, 15) is 9.90 Å². The summed E-state index contributed by atoms with van der Waals surface area (Å²) in [4.78, 5) is 20.3. The van der Waals surface area contributed by atoms with Gasteiger partial charge in [0.15, 0.2) is 0 Å². The first-order valence-electron chi connectivity index (χ1n) is 13.2. The zero-order chi connectivity index (χ0) is 26.6. The molecular weight excluding hydrogens is 485 g/mol. The molecule has 0 bridgehead atoms. The number of nitrogens with one attached hydrogen (secondary N) is 1. The molecule has 4 aromatic rings. The van der Waals surface area contributed by atoms with Gasteiger partial charge in [0.1, 0.15) is 29.7 Å². The molecule has 1 saturated heterocycles. The smallest absolute Gasteiger partial charge is 0.261 e. The standard InChI is InChI=1S/C30H32FN3O4/c1-2-33-13-3-4-20(18-33)19-34-29(25-11-10-24(17-27(25)31)38-15-14-35)32-28-12-7-22(16-26(28)30(34)37)21-5-8-23(36)9-6-21/h5-12,16-17,20,35-36H,2-4,13-15,18-19H2,1H3/p+1. The number of piperidine rings is 1. The molecule has 0 saturated carbocycles. The molecule has 1 aliphatic heterocycles. The molecule has 38 heavy (non-hydrogen) atoms. The number of hydrogen-bond acceptors (Lipinski definition) is 5. The Labute approximate surface area is 220 Å². The van der Waals surface area contributed by atoms with Crippen LogP contribution >= 0.6 is 0 Å². The first-order valence-corrected chi connectivity index (χ1v) is 13.2. The Bertz CT molecular complexity index is 1490. The van der Waals surface area contributed by atoms with Crippen LogP contribution in [0.5, 0.6) is 11.5 Å². The summed E-state index contributed by atoms with van der Waals surface area (Å²) in [7, 11) is 0. The van der Waals surface area contributed by atoms with Gasteiger partial charge in [-0.15, -0.1) is 0 Å². The number of hydrogen-bond donors (Lipinski definition) is 3. The number of fused-ring (bicyclic) bond motifs is 1. The quantitative estimate of drug-likeness (QED) is 0.333. The molecule has 198 valence electrons. The van der Waals surface area contributed by atoms with Gasteiger partial charge >= 0.3 is 0 Å². The fourth-order valence-corrected chi connectivity index (χ4v) is 5.35. The van der Waals surface area contributed by atoms with Crippen molar-refractivity contribution < 1.29 is 24.2 Å². The average molecular weight is 519 g/mol. The van der Waals surface area contributed by atoms with Crippen molar-refractivity contribution in [3.8, 4) is 34.0 Å². The number of ether oxygens (including phenoxy) is 1. The van der Waals surface area contributed by atoms with E-state index in [0.29, 0.717) is 29.0 Å². The fourth-order valence-electron chi connectivity index (χ4n) is 5.35. The van der Waals surface area contributed by atoms with Gasteiger partial charge in [0.2, 0.25) is 0 Å². The minimum absolute atomic E-state index is 0.0685. The molecule has 1 aromatic heterocycles. The number of halogens is 1. The van der Waals surface area contributed by atoms with Crippen molar-refractivity contribution in [3.63, 3.8) is 0 Å². The Hall–Kier alpha value is -3.75. The topological polar surface area (TPSA) is 89.0 Å². The molecule has 0 aliphatic carbocycles. The lowest BCUT2D eigenvalue weighted by Gasteiger charge is -2.30. The molecule has 8 heteroatoms. The third kappa shape index (κ3) is 5.42. The molecule has 2 unspecified atom stereocenters. The Kier molecular flexibility index (Phi) is 7.72. The van der Waals surface area contributed by atoms with Crippen molar-refractivity contribution in [3.05, 3.63) is 76.8 Å². The number of likely N-dealkylation sites (tertiary alicyclic amines) is 1. The van der Waals surface area contributed by atoms with Gasteiger partial charge in [-0.25, -0.2) is 9.37 Å². The zero-order valence-electron chi connectivity index (χ0n) is 21.5. The average Bonchev–Trinajstić information content (AvgIpc) is 2.94. The molecule has 5 rings (SSSR count). The minimum Gasteiger partial charge on any atom is -0.508 e. The number of quaternary nitrogens is 1. The van der Waals surface area contributed by atoms with E-state index in [1.165, 1.54) is 11.0 Å². The van der Waals surface area contributed by atoms with Gasteiger partial charge in [0, 0.05) is 18.5 Å². The number of nitrogens with zero attached hydrogens (tertiary/aromatic N) is 2. The maximum Gasteiger partial charge on any atom is 0.261 e. The molecule has 2 heterocycles. The number of phenols is 1. The maximum absolute atomic E-state index is 15.4. The van der Waals surface area contributed by atoms with Crippen LogP contribution in [-0.4, -0.2) is 52.6 Å². The number of aliphatic hydroxyl groups excluding tert-OH is 1. The second kappa shape index (κ2) is 11.3. The van der Waals surface area contributed by atoms with Crippen molar-refractivity contribution in [2.45, 2.75) is 26.3 Å². The van der Waals surface area contributed by atoms with Gasteiger partial charge in [0.05, 0.1) is 42.7 Å². The van der Waals surface area contributed by atoms with Gasteiger partial charge in [-0.1, -0.05) is 18.2 Å². The van der Waals surface area contributed by atoms with Gasteiger partial charge < -0.3 is 19.8 Å². The number of aromatic hydroxyl groups is 1. The van der Waals surface area contributed by atoms with E-state index < -0.39 is 5.82 Å². The summed E-state index contributed by atoms with van der Waals surface area (Å²) in [5, 5.41) is 19.1. The highest BCUT2D eigenvalue weighted by Crippen LogP contribution is 2.29. The van der Waals surface area contributed by atoms with E-state index in [1.54, 1.807) is 47.0 Å². The number of phenolic OH excluding ortho intramolecular Hbond substituents is 1. The number of benzene rings is 3. The Morgan fingerprint density at radius 3 is 2.63 bits per heavy atom. The summed E-state index contributed by atoms with van der Waals surface area (Å²) in [6, 6.07) is 16.8. The third-order valence-electron chi connectivity index (χ3n) is 7.36. The lowest BCUT2D eigenvalue weighted by Crippen LogP contribution is -3.13. The minimum atomic E-state index is -0.536. The Morgan fingerprint density at radius 2 is 1.89 bits per heavy atom. The first kappa shape index (κ1) is 25.9. The van der Waals surface area contributed by atoms with Crippen LogP contribution in [-0.2, 0) is 6.54 Å². The second-order valence-electron chi connectivity index (χ2n) is 9.91. The molecule has 7 nitrogen and oxygen atoms in total. The van der Waals surface area contributed by atoms with Crippen molar-refractivity contribution >= 4 is 10.9 Å². The molecule has 1 fully saturated rings. The molecule has 3 aromatic carbocycles. The molecule has 1 aliphatic rings. The number of rotatable bonds is 8. The molecule has 0 amide bonds. The van der Waals surface area contributed by atoms with Crippen LogP contribution in [0.4, 0.5) is 4.39 Å². The van der Waals surface area contributed by atoms with Gasteiger partial charge in [-0.05, 0) is 67.3 Å². The first-order chi connectivity index (χ1) is 18.5. The van der Waals surface area contributed by atoms with E-state index in [-0.39, 0.29) is 36.0 Å². The molecule has 0 radical (unpaired) electrons. The Morgan fingerprint density at radius 1 is 1.11 bits per heavy atom. The molecule has 2 atom stereocenters. The van der Waals surface area contributed by atoms with Crippen molar-refractivity contribution in [2.24, 2.45) is 5.92 Å². The third-order valence-corrected chi connectivity index (χ3v) is 7.36. The SMILES string of the molecule is CC[NH+]1CCCC(Cn2c(-c3ccc(OCCO)cc3F)nc3ccc(-c4ccc(O)cc4)cc3c2=O)C1. The molecule has 0 spiro atoms. The highest BCUT2D eigenvalue weighted by Gasteiger charge is 2.25. The summed E-state index contributed by atoms with van der Waals surface area (Å²) in [6.45, 7) is 5.67. The largest absolute Gasteiger partial charge is 0.508 e. The molecular formula is C30H33FN3O4+. The predicted molar refractivity (Wildman–Crippen MR) is 145 cm³/mol. The summed E-state index contributed by atoms with van der Waals surface area (Å²) in [5.74, 6) is 0.530. The van der Waals surface area contributed by atoms with E-state index in [0.717, 1.165) is 43.6 Å². The van der Waals surface area contributed by atoms with Crippen LogP contribution in [0, 0.1) is 11.7 Å². The number of aliphatic hydroxyl groups is 1. The van der Waals surface area contributed by atoms with Crippen LogP contribution in [0.25, 0.3) is 33.4 Å². The lowest BCUT2D eigenvalue weighted by atomic mass is 9.97. The summed E-state index contributed by atoms with van der Waals surface area (Å²) < 4.78 is 22.4. The van der Waals surface area contributed by atoms with E-state index in [2.05, 4.69) is 6.92 Å². The highest BCUT2D eigenvalue weighted by molar-refractivity contribution is 5.85. The predicted octanol–water partition coefficient (Wildman–Crippen LogP) is 3.26. The summed E-state index contributed by atoms with van der Waals surface area (Å²) in [5.41, 5.74) is 2.24. The monoisotopic (exact) mass is 518 g/mol. The summed E-state index contributed by atoms with van der Waals surface area (Å²) >= 11 is 0. The normalized spacial score (nSPS) is 17.6. The van der Waals surface area contributed by atoms with Crippen LogP contribution in [0.3, 0.4) is 0 Å². The van der Waals surface area contributed by atoms with Crippen LogP contribution in [0.1, 0.15) is 19.8 Å². The highest BCUT2D eigenvalue weighted by atomic mass is 19.1. The van der Waals surface area contributed by atoms with Gasteiger partial charge in [-0.3, -0.25) is 9.36 Å². The second-order valence-corrected chi connectivity index (χ2v) is 9.91. The van der Waals surface area contributed by atoms with Crippen molar-refractivity contribution in [2.75, 3.05) is 32.8 Å². The van der Waals surface area contributed by atoms with Crippen LogP contribution in [0.15, 0.2) is 65.5 Å². The van der Waals surface area contributed by atoms with Crippen LogP contribution < -0.4 is 15.2 Å². The fraction of sp³-hybridized carbons (Fsp3) is 0.333. The van der Waals surface area contributed by atoms with E-state index >= 15 is 4.39 Å². The van der Waals surface area contributed by atoms with E-state index in [1.807, 2.05) is 12.1 Å². The van der Waals surface area contributed by atoms with E-state index in [4.69, 9.17) is 14.8 Å².